The third-order valence-electron chi connectivity index (χ3n) is 3.28. The van der Waals surface area contributed by atoms with Crippen LogP contribution in [0.15, 0.2) is 12.5 Å². The Labute approximate surface area is 104 Å². The normalized spacial score (nSPS) is 26.3. The second kappa shape index (κ2) is 5.65. The summed E-state index contributed by atoms with van der Waals surface area (Å²) in [5, 5.41) is 3.56. The van der Waals surface area contributed by atoms with E-state index in [9.17, 15) is 0 Å². The first-order valence-corrected chi connectivity index (χ1v) is 6.66. The largest absolute Gasteiger partial charge is 0.333 e. The summed E-state index contributed by atoms with van der Waals surface area (Å²) in [5.41, 5.74) is 1.34. The first kappa shape index (κ1) is 12.6. The number of aromatic nitrogens is 2. The second-order valence-electron chi connectivity index (χ2n) is 5.24. The van der Waals surface area contributed by atoms with Gasteiger partial charge in [-0.25, -0.2) is 4.98 Å². The van der Waals surface area contributed by atoms with Gasteiger partial charge in [-0.2, -0.15) is 0 Å². The minimum Gasteiger partial charge on any atom is -0.333 e. The van der Waals surface area contributed by atoms with Crippen molar-refractivity contribution in [3.05, 3.63) is 18.2 Å². The van der Waals surface area contributed by atoms with E-state index in [1.165, 1.54) is 5.69 Å². The summed E-state index contributed by atoms with van der Waals surface area (Å²) < 4.78 is 2.28. The fourth-order valence-corrected chi connectivity index (χ4v) is 2.72. The van der Waals surface area contributed by atoms with Gasteiger partial charge in [0.2, 0.25) is 0 Å². The van der Waals surface area contributed by atoms with E-state index in [1.54, 1.807) is 0 Å². The Kier molecular flexibility index (Phi) is 4.18. The number of piperazine rings is 1. The topological polar surface area (TPSA) is 33.1 Å². The number of nitrogens with one attached hydrogen (secondary N) is 1. The van der Waals surface area contributed by atoms with Crippen molar-refractivity contribution in [1.29, 1.82) is 0 Å². The quantitative estimate of drug-likeness (QED) is 0.859. The monoisotopic (exact) mass is 236 g/mol. The first-order valence-electron chi connectivity index (χ1n) is 6.66. The summed E-state index contributed by atoms with van der Waals surface area (Å²) in [5.74, 6) is 0. The first-order chi connectivity index (χ1) is 8.19. The third kappa shape index (κ3) is 3.30. The Morgan fingerprint density at radius 2 is 2.06 bits per heavy atom. The molecule has 2 unspecified atom stereocenters. The number of aryl methyl sites for hydroxylation is 1. The molecule has 0 aromatic carbocycles. The lowest BCUT2D eigenvalue weighted by atomic mass is 10.1. The van der Waals surface area contributed by atoms with Crippen LogP contribution in [-0.4, -0.2) is 39.6 Å². The Hall–Kier alpha value is -0.870. The Morgan fingerprint density at radius 3 is 2.71 bits per heavy atom. The Bertz CT molecular complexity index is 337. The van der Waals surface area contributed by atoms with Gasteiger partial charge in [-0.3, -0.25) is 4.90 Å². The molecule has 4 nitrogen and oxygen atoms in total. The zero-order valence-corrected chi connectivity index (χ0v) is 11.2. The number of hydrogen-bond donors (Lipinski definition) is 1. The van der Waals surface area contributed by atoms with E-state index in [-0.39, 0.29) is 0 Å². The molecule has 0 radical (unpaired) electrons. The molecule has 4 heteroatoms. The van der Waals surface area contributed by atoms with Crippen LogP contribution in [0.1, 0.15) is 32.9 Å². The predicted octanol–water partition coefficient (Wildman–Crippen LogP) is 1.48. The van der Waals surface area contributed by atoms with Gasteiger partial charge < -0.3 is 9.88 Å². The zero-order valence-electron chi connectivity index (χ0n) is 11.2. The third-order valence-corrected chi connectivity index (χ3v) is 3.28. The molecule has 0 amide bonds. The molecular weight excluding hydrogens is 212 g/mol. The molecule has 1 aromatic heterocycles. The van der Waals surface area contributed by atoms with Gasteiger partial charge in [0.1, 0.15) is 0 Å². The molecular formula is C13H24N4. The summed E-state index contributed by atoms with van der Waals surface area (Å²) in [6, 6.07) is 1.17. The van der Waals surface area contributed by atoms with Gasteiger partial charge >= 0.3 is 0 Å². The minimum atomic E-state index is 0.585. The highest BCUT2D eigenvalue weighted by Crippen LogP contribution is 2.10. The maximum Gasteiger partial charge on any atom is 0.0948 e. The van der Waals surface area contributed by atoms with Crippen molar-refractivity contribution in [2.24, 2.45) is 0 Å². The molecule has 0 spiro atoms. The van der Waals surface area contributed by atoms with Crippen LogP contribution in [0.3, 0.4) is 0 Å². The molecule has 2 atom stereocenters. The van der Waals surface area contributed by atoms with Crippen LogP contribution in [0.2, 0.25) is 0 Å². The summed E-state index contributed by atoms with van der Waals surface area (Å²) in [7, 11) is 0. The lowest BCUT2D eigenvalue weighted by molar-refractivity contribution is 0.163. The molecule has 1 N–H and O–H groups in total. The van der Waals surface area contributed by atoms with Crippen molar-refractivity contribution in [3.8, 4) is 0 Å². The average Bonchev–Trinajstić information content (AvgIpc) is 2.65. The van der Waals surface area contributed by atoms with Gasteiger partial charge in [0.15, 0.2) is 0 Å². The maximum atomic E-state index is 4.26. The van der Waals surface area contributed by atoms with E-state index in [0.717, 1.165) is 32.6 Å². The van der Waals surface area contributed by atoms with Gasteiger partial charge in [0.05, 0.1) is 12.0 Å². The average molecular weight is 236 g/mol. The molecule has 17 heavy (non-hydrogen) atoms. The summed E-state index contributed by atoms with van der Waals surface area (Å²) in [4.78, 5) is 6.79. The number of rotatable bonds is 4. The predicted molar refractivity (Wildman–Crippen MR) is 69.9 cm³/mol. The van der Waals surface area contributed by atoms with Crippen LogP contribution < -0.4 is 5.32 Å². The van der Waals surface area contributed by atoms with Crippen molar-refractivity contribution < 1.29 is 0 Å². The second-order valence-corrected chi connectivity index (χ2v) is 5.24. The molecule has 0 bridgehead atoms. The van der Waals surface area contributed by atoms with Crippen LogP contribution in [0, 0.1) is 0 Å². The van der Waals surface area contributed by atoms with E-state index in [1.807, 2.05) is 12.5 Å². The highest BCUT2D eigenvalue weighted by atomic mass is 15.2. The lowest BCUT2D eigenvalue weighted by Gasteiger charge is -2.36. The standard InChI is InChI=1S/C13H24N4/c1-4-5-17-10-14-6-13(17)9-16-7-11(2)15-12(3)8-16/h6,10-12,15H,4-5,7-9H2,1-3H3. The SMILES string of the molecule is CCCn1cncc1CN1CC(C)NC(C)C1. The number of nitrogens with zero attached hydrogens (tertiary/aromatic N) is 3. The zero-order chi connectivity index (χ0) is 12.3. The smallest absolute Gasteiger partial charge is 0.0948 e. The van der Waals surface area contributed by atoms with Crippen LogP contribution in [0.25, 0.3) is 0 Å². The molecule has 0 aliphatic carbocycles. The summed E-state index contributed by atoms with van der Waals surface area (Å²) >= 11 is 0. The van der Waals surface area contributed by atoms with Crippen molar-refractivity contribution in [2.45, 2.75) is 52.4 Å². The van der Waals surface area contributed by atoms with Gasteiger partial charge in [-0.1, -0.05) is 6.92 Å². The van der Waals surface area contributed by atoms with E-state index in [0.29, 0.717) is 12.1 Å². The molecule has 1 aliphatic heterocycles. The number of hydrogen-bond acceptors (Lipinski definition) is 3. The molecule has 1 aliphatic rings. The number of imidazole rings is 1. The van der Waals surface area contributed by atoms with Crippen LogP contribution in [-0.2, 0) is 13.1 Å². The van der Waals surface area contributed by atoms with Crippen molar-refractivity contribution >= 4 is 0 Å². The van der Waals surface area contributed by atoms with E-state index in [4.69, 9.17) is 0 Å². The van der Waals surface area contributed by atoms with Gasteiger partial charge in [0.25, 0.3) is 0 Å². The van der Waals surface area contributed by atoms with E-state index >= 15 is 0 Å². The van der Waals surface area contributed by atoms with Gasteiger partial charge in [0, 0.05) is 44.5 Å². The van der Waals surface area contributed by atoms with Gasteiger partial charge in [-0.15, -0.1) is 0 Å². The molecule has 2 rings (SSSR count). The molecule has 1 saturated heterocycles. The van der Waals surface area contributed by atoms with E-state index < -0.39 is 0 Å². The lowest BCUT2D eigenvalue weighted by Crippen LogP contribution is -2.53. The van der Waals surface area contributed by atoms with Crippen LogP contribution in [0.5, 0.6) is 0 Å². The molecule has 0 saturated carbocycles. The molecule has 2 heterocycles. The molecule has 1 aromatic rings. The highest BCUT2D eigenvalue weighted by Gasteiger charge is 2.21. The van der Waals surface area contributed by atoms with Crippen molar-refractivity contribution in [2.75, 3.05) is 13.1 Å². The Balaban J connectivity index is 1.97. The maximum absolute atomic E-state index is 4.26. The minimum absolute atomic E-state index is 0.585. The highest BCUT2D eigenvalue weighted by molar-refractivity contribution is 4.99. The molecule has 96 valence electrons. The van der Waals surface area contributed by atoms with Gasteiger partial charge in [-0.05, 0) is 20.3 Å². The fraction of sp³-hybridized carbons (Fsp3) is 0.769. The van der Waals surface area contributed by atoms with Crippen molar-refractivity contribution in [3.63, 3.8) is 0 Å². The van der Waals surface area contributed by atoms with Crippen molar-refractivity contribution in [1.82, 2.24) is 19.8 Å². The molecule has 1 fully saturated rings. The van der Waals surface area contributed by atoms with E-state index in [2.05, 4.69) is 40.5 Å². The summed E-state index contributed by atoms with van der Waals surface area (Å²) in [6.07, 6.45) is 5.12. The fourth-order valence-electron chi connectivity index (χ4n) is 2.72. The van der Waals surface area contributed by atoms with Crippen LogP contribution >= 0.6 is 0 Å². The summed E-state index contributed by atoms with van der Waals surface area (Å²) in [6.45, 7) is 11.1. The van der Waals surface area contributed by atoms with Crippen LogP contribution in [0.4, 0.5) is 0 Å². The Morgan fingerprint density at radius 1 is 1.35 bits per heavy atom.